The highest BCUT2D eigenvalue weighted by atomic mass is 79.9. The highest BCUT2D eigenvalue weighted by Crippen LogP contribution is 2.26. The summed E-state index contributed by atoms with van der Waals surface area (Å²) in [5.74, 6) is 0.482. The fraction of sp³-hybridized carbons (Fsp3) is 0.400. The van der Waals surface area contributed by atoms with Gasteiger partial charge in [-0.3, -0.25) is 10.1 Å². The molecule has 5 nitrogen and oxygen atoms in total. The fourth-order valence-electron chi connectivity index (χ4n) is 1.16. The molecule has 1 aromatic carbocycles. The molecule has 0 radical (unpaired) electrons. The van der Waals surface area contributed by atoms with Crippen molar-refractivity contribution in [2.75, 3.05) is 17.7 Å². The van der Waals surface area contributed by atoms with Crippen molar-refractivity contribution in [3.63, 3.8) is 0 Å². The molecule has 0 aliphatic rings. The first kappa shape index (κ1) is 12.8. The second kappa shape index (κ2) is 6.32. The normalized spacial score (nSPS) is 10.1. The second-order valence-electron chi connectivity index (χ2n) is 3.22. The number of nitrogens with two attached hydrogens (primary N) is 1. The zero-order chi connectivity index (χ0) is 12.0. The standard InChI is InChI=1S/C10H13BrN2O3/c11-5-1-2-6-16-8-3-4-9(12)10(7-8)13(14)15/h3-4,7H,1-2,5-6,12H2. The molecule has 1 rings (SSSR count). The van der Waals surface area contributed by atoms with E-state index in [0.29, 0.717) is 12.4 Å². The molecule has 1 aromatic rings. The average molecular weight is 289 g/mol. The van der Waals surface area contributed by atoms with Crippen LogP contribution >= 0.6 is 15.9 Å². The molecule has 2 N–H and O–H groups in total. The molecule has 0 fully saturated rings. The van der Waals surface area contributed by atoms with E-state index in [1.807, 2.05) is 0 Å². The molecule has 88 valence electrons. The van der Waals surface area contributed by atoms with Crippen molar-refractivity contribution in [3.8, 4) is 5.75 Å². The SMILES string of the molecule is Nc1ccc(OCCCCBr)cc1[N+](=O)[O-]. The highest BCUT2D eigenvalue weighted by Gasteiger charge is 2.12. The fourth-order valence-corrected chi connectivity index (χ4v) is 1.55. The van der Waals surface area contributed by atoms with E-state index in [2.05, 4.69) is 15.9 Å². The van der Waals surface area contributed by atoms with Crippen molar-refractivity contribution >= 4 is 27.3 Å². The van der Waals surface area contributed by atoms with Gasteiger partial charge in [-0.05, 0) is 25.0 Å². The number of hydrogen-bond donors (Lipinski definition) is 1. The number of ether oxygens (including phenoxy) is 1. The molecule has 0 unspecified atom stereocenters. The van der Waals surface area contributed by atoms with E-state index in [-0.39, 0.29) is 11.4 Å². The van der Waals surface area contributed by atoms with E-state index in [4.69, 9.17) is 10.5 Å². The lowest BCUT2D eigenvalue weighted by Crippen LogP contribution is -2.00. The Labute approximate surface area is 102 Å². The monoisotopic (exact) mass is 288 g/mol. The number of nitrogens with zero attached hydrogens (tertiary/aromatic N) is 1. The Bertz CT molecular complexity index is 371. The van der Waals surface area contributed by atoms with Crippen molar-refractivity contribution in [1.29, 1.82) is 0 Å². The number of anilines is 1. The van der Waals surface area contributed by atoms with Crippen LogP contribution in [0.15, 0.2) is 18.2 Å². The number of benzene rings is 1. The third kappa shape index (κ3) is 3.69. The van der Waals surface area contributed by atoms with Crippen LogP contribution in [0.2, 0.25) is 0 Å². The van der Waals surface area contributed by atoms with Crippen LogP contribution in [0.5, 0.6) is 5.75 Å². The van der Waals surface area contributed by atoms with E-state index in [0.717, 1.165) is 18.2 Å². The molecule has 0 bridgehead atoms. The molecule has 0 aromatic heterocycles. The average Bonchev–Trinajstić information content (AvgIpc) is 2.26. The largest absolute Gasteiger partial charge is 0.493 e. The molecule has 0 heterocycles. The van der Waals surface area contributed by atoms with Crippen LogP contribution < -0.4 is 10.5 Å². The van der Waals surface area contributed by atoms with Crippen LogP contribution in [-0.4, -0.2) is 16.9 Å². The topological polar surface area (TPSA) is 78.4 Å². The first-order chi connectivity index (χ1) is 7.65. The minimum absolute atomic E-state index is 0.113. The predicted octanol–water partition coefficient (Wildman–Crippen LogP) is 2.73. The maximum absolute atomic E-state index is 10.6. The maximum atomic E-state index is 10.6. The van der Waals surface area contributed by atoms with Gasteiger partial charge in [0.15, 0.2) is 0 Å². The zero-order valence-electron chi connectivity index (χ0n) is 8.69. The van der Waals surface area contributed by atoms with Gasteiger partial charge in [-0.15, -0.1) is 0 Å². The van der Waals surface area contributed by atoms with Gasteiger partial charge in [-0.2, -0.15) is 0 Å². The lowest BCUT2D eigenvalue weighted by atomic mass is 10.2. The summed E-state index contributed by atoms with van der Waals surface area (Å²) >= 11 is 3.31. The van der Waals surface area contributed by atoms with Crippen LogP contribution in [0.3, 0.4) is 0 Å². The summed E-state index contributed by atoms with van der Waals surface area (Å²) in [5, 5.41) is 11.5. The van der Waals surface area contributed by atoms with Crippen LogP contribution in [0.1, 0.15) is 12.8 Å². The first-order valence-corrected chi connectivity index (χ1v) is 6.00. The van der Waals surface area contributed by atoms with E-state index in [1.165, 1.54) is 12.1 Å². The summed E-state index contributed by atoms with van der Waals surface area (Å²) in [7, 11) is 0. The molecule has 0 aliphatic carbocycles. The summed E-state index contributed by atoms with van der Waals surface area (Å²) in [6.45, 7) is 0.548. The van der Waals surface area contributed by atoms with Gasteiger partial charge in [0.25, 0.3) is 5.69 Å². The third-order valence-electron chi connectivity index (χ3n) is 2.00. The maximum Gasteiger partial charge on any atom is 0.295 e. The Morgan fingerprint density at radius 3 is 2.81 bits per heavy atom. The van der Waals surface area contributed by atoms with Crippen LogP contribution in [0.4, 0.5) is 11.4 Å². The molecule has 0 aliphatic heterocycles. The summed E-state index contributed by atoms with van der Waals surface area (Å²) in [5.41, 5.74) is 5.50. The molecule has 0 atom stereocenters. The number of nitrogen functional groups attached to an aromatic ring is 1. The van der Waals surface area contributed by atoms with Gasteiger partial charge < -0.3 is 10.5 Å². The number of nitro groups is 1. The van der Waals surface area contributed by atoms with Crippen molar-refractivity contribution in [3.05, 3.63) is 28.3 Å². The van der Waals surface area contributed by atoms with Crippen LogP contribution in [0.25, 0.3) is 0 Å². The van der Waals surface area contributed by atoms with Gasteiger partial charge in [0.1, 0.15) is 11.4 Å². The molecular formula is C10H13BrN2O3. The lowest BCUT2D eigenvalue weighted by molar-refractivity contribution is -0.384. The minimum Gasteiger partial charge on any atom is -0.493 e. The first-order valence-electron chi connectivity index (χ1n) is 4.88. The van der Waals surface area contributed by atoms with E-state index in [9.17, 15) is 10.1 Å². The lowest BCUT2D eigenvalue weighted by Gasteiger charge is -2.05. The Morgan fingerprint density at radius 2 is 2.19 bits per heavy atom. The molecule has 6 heteroatoms. The van der Waals surface area contributed by atoms with Gasteiger partial charge in [0.2, 0.25) is 0 Å². The van der Waals surface area contributed by atoms with Crippen molar-refractivity contribution in [1.82, 2.24) is 0 Å². The number of rotatable bonds is 6. The Morgan fingerprint density at radius 1 is 1.44 bits per heavy atom. The molecule has 0 saturated carbocycles. The third-order valence-corrected chi connectivity index (χ3v) is 2.56. The van der Waals surface area contributed by atoms with Gasteiger partial charge in [-0.1, -0.05) is 15.9 Å². The minimum atomic E-state index is -0.513. The molecule has 0 amide bonds. The molecular weight excluding hydrogens is 276 g/mol. The quantitative estimate of drug-likeness (QED) is 0.287. The Hall–Kier alpha value is -1.30. The van der Waals surface area contributed by atoms with Crippen LogP contribution in [-0.2, 0) is 0 Å². The Balaban J connectivity index is 2.61. The highest BCUT2D eigenvalue weighted by molar-refractivity contribution is 9.09. The predicted molar refractivity (Wildman–Crippen MR) is 66.0 cm³/mol. The number of hydrogen-bond acceptors (Lipinski definition) is 4. The molecule has 16 heavy (non-hydrogen) atoms. The van der Waals surface area contributed by atoms with Gasteiger partial charge in [0.05, 0.1) is 17.6 Å². The summed E-state index contributed by atoms with van der Waals surface area (Å²) in [4.78, 5) is 10.1. The van der Waals surface area contributed by atoms with Crippen molar-refractivity contribution in [2.24, 2.45) is 0 Å². The second-order valence-corrected chi connectivity index (χ2v) is 4.02. The summed E-state index contributed by atoms with van der Waals surface area (Å²) in [6, 6.07) is 4.47. The van der Waals surface area contributed by atoms with Gasteiger partial charge in [-0.25, -0.2) is 0 Å². The van der Waals surface area contributed by atoms with Gasteiger partial charge >= 0.3 is 0 Å². The molecule has 0 saturated heterocycles. The van der Waals surface area contributed by atoms with Crippen LogP contribution in [0, 0.1) is 10.1 Å². The van der Waals surface area contributed by atoms with Crippen molar-refractivity contribution < 1.29 is 9.66 Å². The Kier molecular flexibility index (Phi) is 5.04. The number of alkyl halides is 1. The summed E-state index contributed by atoms with van der Waals surface area (Å²) in [6.07, 6.45) is 1.92. The summed E-state index contributed by atoms with van der Waals surface area (Å²) < 4.78 is 5.37. The number of nitro benzene ring substituents is 1. The van der Waals surface area contributed by atoms with E-state index in [1.54, 1.807) is 6.07 Å². The van der Waals surface area contributed by atoms with E-state index >= 15 is 0 Å². The smallest absolute Gasteiger partial charge is 0.295 e. The van der Waals surface area contributed by atoms with E-state index < -0.39 is 4.92 Å². The zero-order valence-corrected chi connectivity index (χ0v) is 10.3. The number of halogens is 1. The van der Waals surface area contributed by atoms with Crippen molar-refractivity contribution in [2.45, 2.75) is 12.8 Å². The molecule has 0 spiro atoms. The van der Waals surface area contributed by atoms with Gasteiger partial charge in [0, 0.05) is 5.33 Å². The number of unbranched alkanes of at least 4 members (excludes halogenated alkanes) is 1.